The number of hydrogen-bond acceptors (Lipinski definition) is 4. The second-order valence-corrected chi connectivity index (χ2v) is 10.00. The highest BCUT2D eigenvalue weighted by atomic mass is 35.5. The first-order chi connectivity index (χ1) is 14.9. The molecule has 1 fully saturated rings. The average molecular weight is 491 g/mol. The first-order valence-corrected chi connectivity index (χ1v) is 11.6. The Morgan fingerprint density at radius 2 is 1.75 bits per heavy atom. The molecule has 0 atom stereocenters. The lowest BCUT2D eigenvalue weighted by atomic mass is 10.1. The summed E-state index contributed by atoms with van der Waals surface area (Å²) in [5, 5.41) is 8.66. The van der Waals surface area contributed by atoms with Crippen molar-refractivity contribution in [3.8, 4) is 0 Å². The molecule has 1 aliphatic heterocycles. The van der Waals surface area contributed by atoms with E-state index < -0.39 is 27.7 Å². The predicted octanol–water partition coefficient (Wildman–Crippen LogP) is 3.80. The van der Waals surface area contributed by atoms with Crippen LogP contribution in [0.2, 0.25) is 5.02 Å². The minimum absolute atomic E-state index is 0.0438. The molecule has 0 spiro atoms. The van der Waals surface area contributed by atoms with Crippen LogP contribution in [-0.4, -0.2) is 54.9 Å². The second-order valence-electron chi connectivity index (χ2n) is 7.65. The first-order valence-electron chi connectivity index (χ1n) is 9.77. The van der Waals surface area contributed by atoms with E-state index in [0.717, 1.165) is 6.07 Å². The minimum atomic E-state index is -4.52. The van der Waals surface area contributed by atoms with Gasteiger partial charge in [-0.05, 0) is 47.9 Å². The number of sulfonamides is 1. The van der Waals surface area contributed by atoms with Crippen LogP contribution in [0.25, 0.3) is 0 Å². The molecule has 32 heavy (non-hydrogen) atoms. The van der Waals surface area contributed by atoms with E-state index in [2.05, 4.69) is 0 Å². The van der Waals surface area contributed by atoms with Gasteiger partial charge >= 0.3 is 12.1 Å². The van der Waals surface area contributed by atoms with Gasteiger partial charge in [-0.2, -0.15) is 17.5 Å². The van der Waals surface area contributed by atoms with Crippen molar-refractivity contribution in [1.29, 1.82) is 0 Å². The number of benzene rings is 2. The largest absolute Gasteiger partial charge is 0.481 e. The van der Waals surface area contributed by atoms with E-state index in [1.807, 2.05) is 4.90 Å². The molecule has 3 rings (SSSR count). The molecule has 2 aromatic carbocycles. The topological polar surface area (TPSA) is 77.9 Å². The molecule has 0 unspecified atom stereocenters. The summed E-state index contributed by atoms with van der Waals surface area (Å²) in [6.07, 6.45) is -4.78. The van der Waals surface area contributed by atoms with Gasteiger partial charge in [-0.3, -0.25) is 9.69 Å². The van der Waals surface area contributed by atoms with Crippen LogP contribution in [0, 0.1) is 6.92 Å². The number of halogens is 4. The van der Waals surface area contributed by atoms with Crippen LogP contribution in [0.3, 0.4) is 0 Å². The lowest BCUT2D eigenvalue weighted by molar-refractivity contribution is -0.138. The molecule has 0 amide bonds. The molecule has 1 heterocycles. The van der Waals surface area contributed by atoms with E-state index in [1.165, 1.54) is 28.6 Å². The van der Waals surface area contributed by atoms with Crippen molar-refractivity contribution in [2.45, 2.75) is 31.0 Å². The molecule has 0 radical (unpaired) electrons. The van der Waals surface area contributed by atoms with Gasteiger partial charge < -0.3 is 5.11 Å². The summed E-state index contributed by atoms with van der Waals surface area (Å²) in [4.78, 5) is 13.0. The Balaban J connectivity index is 1.66. The lowest BCUT2D eigenvalue weighted by Crippen LogP contribution is -2.48. The van der Waals surface area contributed by atoms with Crippen molar-refractivity contribution in [3.63, 3.8) is 0 Å². The molecule has 2 aromatic rings. The van der Waals surface area contributed by atoms with Crippen molar-refractivity contribution in [1.82, 2.24) is 9.21 Å². The minimum Gasteiger partial charge on any atom is -0.481 e. The van der Waals surface area contributed by atoms with Crippen molar-refractivity contribution in [2.24, 2.45) is 0 Å². The summed E-state index contributed by atoms with van der Waals surface area (Å²) in [7, 11) is -3.79. The van der Waals surface area contributed by atoms with Crippen LogP contribution in [0.5, 0.6) is 0 Å². The highest BCUT2D eigenvalue weighted by molar-refractivity contribution is 7.89. The van der Waals surface area contributed by atoms with Crippen molar-refractivity contribution >= 4 is 27.6 Å². The van der Waals surface area contributed by atoms with Crippen molar-refractivity contribution < 1.29 is 31.5 Å². The Hall–Kier alpha value is -2.14. The normalized spacial score (nSPS) is 16.3. The number of hydrogen-bond donors (Lipinski definition) is 1. The van der Waals surface area contributed by atoms with Gasteiger partial charge in [-0.25, -0.2) is 8.42 Å². The number of carbonyl (C=O) groups is 1. The summed E-state index contributed by atoms with van der Waals surface area (Å²) in [6.45, 7) is 3.27. The Morgan fingerprint density at radius 3 is 2.31 bits per heavy atom. The van der Waals surface area contributed by atoms with E-state index in [-0.39, 0.29) is 29.4 Å². The summed E-state index contributed by atoms with van der Waals surface area (Å²) >= 11 is 5.78. The molecule has 6 nitrogen and oxygen atoms in total. The summed E-state index contributed by atoms with van der Waals surface area (Å²) in [6, 6.07) is 8.06. The van der Waals surface area contributed by atoms with Gasteiger partial charge in [0.2, 0.25) is 10.0 Å². The lowest BCUT2D eigenvalue weighted by Gasteiger charge is -2.34. The third kappa shape index (κ3) is 5.61. The highest BCUT2D eigenvalue weighted by Crippen LogP contribution is 2.35. The zero-order chi connectivity index (χ0) is 23.7. The van der Waals surface area contributed by atoms with Gasteiger partial charge in [0.05, 0.1) is 21.9 Å². The molecule has 1 saturated heterocycles. The zero-order valence-corrected chi connectivity index (χ0v) is 18.8. The molecule has 0 aromatic heterocycles. The third-order valence-corrected chi connectivity index (χ3v) is 7.58. The van der Waals surface area contributed by atoms with Gasteiger partial charge in [-0.15, -0.1) is 0 Å². The maximum atomic E-state index is 13.0. The third-order valence-electron chi connectivity index (χ3n) is 5.38. The maximum absolute atomic E-state index is 13.0. The SMILES string of the molecule is Cc1ccc(S(=O)(=O)N2CCN(Cc3ccc(C(F)(F)F)c(Cl)c3)CC2)cc1CC(=O)O. The molecule has 0 bridgehead atoms. The Labute approximate surface area is 189 Å². The van der Waals surface area contributed by atoms with Crippen LogP contribution in [-0.2, 0) is 34.0 Å². The molecule has 1 aliphatic rings. The van der Waals surface area contributed by atoms with Crippen molar-refractivity contribution in [2.75, 3.05) is 26.2 Å². The zero-order valence-electron chi connectivity index (χ0n) is 17.2. The number of carboxylic acids is 1. The highest BCUT2D eigenvalue weighted by Gasteiger charge is 2.33. The summed E-state index contributed by atoms with van der Waals surface area (Å²) in [5.74, 6) is -1.04. The first kappa shape index (κ1) is 24.5. The van der Waals surface area contributed by atoms with Gasteiger partial charge in [0.15, 0.2) is 0 Å². The Bertz CT molecular complexity index is 1110. The van der Waals surface area contributed by atoms with Crippen molar-refractivity contribution in [3.05, 3.63) is 63.7 Å². The molecular formula is C21H22ClF3N2O4S. The van der Waals surface area contributed by atoms with Crippen LogP contribution >= 0.6 is 11.6 Å². The summed E-state index contributed by atoms with van der Waals surface area (Å²) in [5.41, 5.74) is 0.859. The van der Waals surface area contributed by atoms with Gasteiger partial charge in [0, 0.05) is 32.7 Å². The second kappa shape index (κ2) is 9.38. The smallest absolute Gasteiger partial charge is 0.417 e. The Morgan fingerprint density at radius 1 is 1.09 bits per heavy atom. The van der Waals surface area contributed by atoms with E-state index in [4.69, 9.17) is 16.7 Å². The van der Waals surface area contributed by atoms with Gasteiger partial charge in [0.1, 0.15) is 0 Å². The van der Waals surface area contributed by atoms with Gasteiger partial charge in [-0.1, -0.05) is 23.7 Å². The number of carboxylic acid groups (broad SMARTS) is 1. The number of alkyl halides is 3. The average Bonchev–Trinajstić information content (AvgIpc) is 2.68. The molecule has 0 saturated carbocycles. The van der Waals surface area contributed by atoms with E-state index in [9.17, 15) is 26.4 Å². The molecular weight excluding hydrogens is 469 g/mol. The molecule has 11 heteroatoms. The van der Waals surface area contributed by atoms with E-state index in [1.54, 1.807) is 13.0 Å². The standard InChI is InChI=1S/C21H22ClF3N2O4S/c1-14-2-4-17(11-16(14)12-20(28)29)32(30,31)27-8-6-26(7-9-27)13-15-3-5-18(19(22)10-15)21(23,24)25/h2-5,10-11H,6-9,12-13H2,1H3,(H,28,29). The molecule has 1 N–H and O–H groups in total. The number of rotatable bonds is 6. The number of piperazine rings is 1. The van der Waals surface area contributed by atoms with E-state index >= 15 is 0 Å². The number of aryl methyl sites for hydroxylation is 1. The van der Waals surface area contributed by atoms with E-state index in [0.29, 0.717) is 36.3 Å². The fourth-order valence-electron chi connectivity index (χ4n) is 3.58. The number of nitrogens with zero attached hydrogens (tertiary/aromatic N) is 2. The maximum Gasteiger partial charge on any atom is 0.417 e. The van der Waals surface area contributed by atoms with Crippen LogP contribution in [0.15, 0.2) is 41.3 Å². The Kier molecular flexibility index (Phi) is 7.18. The fraction of sp³-hybridized carbons (Fsp3) is 0.381. The molecule has 0 aliphatic carbocycles. The predicted molar refractivity (Wildman–Crippen MR) is 113 cm³/mol. The summed E-state index contributed by atoms with van der Waals surface area (Å²) < 4.78 is 65.9. The quantitative estimate of drug-likeness (QED) is 0.666. The fourth-order valence-corrected chi connectivity index (χ4v) is 5.37. The molecule has 174 valence electrons. The van der Waals surface area contributed by atoms with Crippen LogP contribution < -0.4 is 0 Å². The van der Waals surface area contributed by atoms with Crippen LogP contribution in [0.1, 0.15) is 22.3 Å². The van der Waals surface area contributed by atoms with Crippen LogP contribution in [0.4, 0.5) is 13.2 Å². The van der Waals surface area contributed by atoms with Gasteiger partial charge in [0.25, 0.3) is 0 Å². The number of aliphatic carboxylic acids is 1. The monoisotopic (exact) mass is 490 g/mol.